The molecule has 40 heavy (non-hydrogen) atoms. The topological polar surface area (TPSA) is 89.1 Å². The maximum atomic E-state index is 15.0. The number of H-pyrrole nitrogens is 1. The van der Waals surface area contributed by atoms with Gasteiger partial charge >= 0.3 is 0 Å². The number of aromatic nitrogens is 2. The van der Waals surface area contributed by atoms with Crippen LogP contribution >= 0.6 is 11.3 Å². The summed E-state index contributed by atoms with van der Waals surface area (Å²) in [6, 6.07) is 14.5. The predicted molar refractivity (Wildman–Crippen MR) is 154 cm³/mol. The third kappa shape index (κ3) is 5.83. The second-order valence-corrected chi connectivity index (χ2v) is 12.0. The van der Waals surface area contributed by atoms with Gasteiger partial charge in [0.25, 0.3) is 0 Å². The molecule has 2 heterocycles. The van der Waals surface area contributed by atoms with E-state index in [1.54, 1.807) is 0 Å². The molecule has 3 aromatic carbocycles. The van der Waals surface area contributed by atoms with Crippen LogP contribution in [0.5, 0.6) is 11.5 Å². The van der Waals surface area contributed by atoms with Gasteiger partial charge in [0.15, 0.2) is 21.4 Å². The number of thiazole rings is 1. The average molecular weight is 583 g/mol. The van der Waals surface area contributed by atoms with E-state index in [1.165, 1.54) is 41.8 Å². The normalized spacial score (nSPS) is 12.2. The van der Waals surface area contributed by atoms with Gasteiger partial charge in [0.2, 0.25) is 0 Å². The molecule has 0 amide bonds. The first-order valence-electron chi connectivity index (χ1n) is 12.1. The van der Waals surface area contributed by atoms with Crippen LogP contribution in [-0.4, -0.2) is 30.9 Å². The quantitative estimate of drug-likeness (QED) is 0.180. The summed E-state index contributed by atoms with van der Waals surface area (Å²) < 4.78 is 60.8. The number of aldehydes is 1. The van der Waals surface area contributed by atoms with Crippen LogP contribution < -0.4 is 4.74 Å². The molecule has 0 saturated carbocycles. The molecule has 0 aliphatic rings. The summed E-state index contributed by atoms with van der Waals surface area (Å²) in [7, 11) is -3.87. The van der Waals surface area contributed by atoms with Crippen molar-refractivity contribution < 1.29 is 26.7 Å². The number of hydrogen-bond donors (Lipinski definition) is 1. The van der Waals surface area contributed by atoms with Gasteiger partial charge in [-0.2, -0.15) is 0 Å². The Morgan fingerprint density at radius 1 is 1.10 bits per heavy atom. The second-order valence-electron chi connectivity index (χ2n) is 9.22. The Kier molecular flexibility index (Phi) is 8.51. The molecule has 0 fully saturated rings. The lowest BCUT2D eigenvalue weighted by Gasteiger charge is -2.13. The van der Waals surface area contributed by atoms with Gasteiger partial charge in [-0.25, -0.2) is 22.2 Å². The summed E-state index contributed by atoms with van der Waals surface area (Å²) in [6.45, 7) is 2.00. The molecule has 2 aromatic heterocycles. The average Bonchev–Trinajstić information content (AvgIpc) is 3.57. The second kappa shape index (κ2) is 11.7. The number of nitrogens with zero attached hydrogens (tertiary/aromatic N) is 1. The third-order valence-corrected chi connectivity index (χ3v) is 8.48. The number of carbonyl (C=O) groups excluding carboxylic acids is 1. The van der Waals surface area contributed by atoms with Crippen molar-refractivity contribution in [2.75, 3.05) is 6.26 Å². The lowest BCUT2D eigenvalue weighted by Crippen LogP contribution is -2.03. The van der Waals surface area contributed by atoms with Crippen LogP contribution in [-0.2, 0) is 21.1 Å². The van der Waals surface area contributed by atoms with E-state index in [2.05, 4.69) is 9.97 Å². The van der Waals surface area contributed by atoms with E-state index in [0.29, 0.717) is 28.8 Å². The highest BCUT2D eigenvalue weighted by molar-refractivity contribution is 7.91. The van der Waals surface area contributed by atoms with Crippen molar-refractivity contribution in [3.8, 4) is 22.1 Å². The van der Waals surface area contributed by atoms with Crippen molar-refractivity contribution in [1.29, 1.82) is 0 Å². The van der Waals surface area contributed by atoms with Gasteiger partial charge in [0.05, 0.1) is 5.69 Å². The van der Waals surface area contributed by atoms with E-state index in [0.717, 1.165) is 35.4 Å². The molecule has 0 radical (unpaired) electrons. The zero-order valence-electron chi connectivity index (χ0n) is 21.1. The number of benzene rings is 3. The lowest BCUT2D eigenvalue weighted by atomic mass is 9.95. The Labute approximate surface area is 235 Å². The molecule has 0 aliphatic heterocycles. The fourth-order valence-corrected chi connectivity index (χ4v) is 6.44. The molecule has 0 bridgehead atoms. The smallest absolute Gasteiger partial charge is 0.182 e. The number of nitrogens with one attached hydrogen (secondary N) is 1. The first-order chi connectivity index (χ1) is 18.7. The summed E-state index contributed by atoms with van der Waals surface area (Å²) in [5.74, 6) is -1.87. The molecule has 5 rings (SSSR count). The van der Waals surface area contributed by atoms with Gasteiger partial charge in [0.1, 0.15) is 27.8 Å². The minimum Gasteiger partial charge on any atom is -0.453 e. The van der Waals surface area contributed by atoms with E-state index in [4.69, 9.17) is 4.74 Å². The minimum absolute atomic E-state index is 0. The number of halogens is 2. The zero-order valence-corrected chi connectivity index (χ0v) is 22.7. The number of rotatable bonds is 9. The van der Waals surface area contributed by atoms with Crippen LogP contribution in [0.2, 0.25) is 0 Å². The van der Waals surface area contributed by atoms with E-state index in [-0.39, 0.29) is 29.6 Å². The Balaban J connectivity index is 0.00000370. The van der Waals surface area contributed by atoms with E-state index < -0.39 is 27.2 Å². The molecule has 0 spiro atoms. The van der Waals surface area contributed by atoms with Crippen molar-refractivity contribution in [3.63, 3.8) is 0 Å². The Morgan fingerprint density at radius 3 is 2.65 bits per heavy atom. The first kappa shape index (κ1) is 29.1. The third-order valence-electron chi connectivity index (χ3n) is 6.44. The van der Waals surface area contributed by atoms with Gasteiger partial charge in [0, 0.05) is 52.7 Å². The maximum Gasteiger partial charge on any atom is 0.182 e. The van der Waals surface area contributed by atoms with Crippen molar-refractivity contribution in [2.45, 2.75) is 38.0 Å². The summed E-state index contributed by atoms with van der Waals surface area (Å²) in [6.07, 6.45) is 4.49. The number of aromatic amines is 1. The van der Waals surface area contributed by atoms with Crippen LogP contribution in [0.1, 0.15) is 43.5 Å². The Bertz CT molecular complexity index is 1790. The Morgan fingerprint density at radius 2 is 1.90 bits per heavy atom. The SMILES string of the molecule is C.CC(c1cccc(CCC=O)c1)c1csc(-c2cc(Oc3c(F)cc4[nH]ccc4c3S(C)(=O)=O)ccc2F)n1. The van der Waals surface area contributed by atoms with E-state index in [9.17, 15) is 17.6 Å². The van der Waals surface area contributed by atoms with Gasteiger partial charge in [-0.1, -0.05) is 38.6 Å². The number of aryl methyl sites for hydroxylation is 1. The molecule has 5 aromatic rings. The number of fused-ring (bicyclic) bond motifs is 1. The predicted octanol–water partition coefficient (Wildman–Crippen LogP) is 7.68. The molecular formula is C30H28F2N2O4S2. The fourth-order valence-electron chi connectivity index (χ4n) is 4.46. The number of carbonyl (C=O) groups is 1. The fraction of sp³-hybridized carbons (Fsp3) is 0.200. The van der Waals surface area contributed by atoms with Gasteiger partial charge in [-0.05, 0) is 41.8 Å². The van der Waals surface area contributed by atoms with Gasteiger partial charge < -0.3 is 14.5 Å². The van der Waals surface area contributed by atoms with Crippen LogP contribution in [0.15, 0.2) is 71.1 Å². The monoisotopic (exact) mass is 582 g/mol. The van der Waals surface area contributed by atoms with Crippen molar-refractivity contribution in [3.05, 3.63) is 94.6 Å². The molecule has 1 atom stereocenters. The number of ether oxygens (including phenoxy) is 1. The molecule has 6 nitrogen and oxygen atoms in total. The molecule has 208 valence electrons. The maximum absolute atomic E-state index is 15.0. The van der Waals surface area contributed by atoms with Crippen LogP contribution in [0.25, 0.3) is 21.5 Å². The molecular weight excluding hydrogens is 554 g/mol. The highest BCUT2D eigenvalue weighted by atomic mass is 32.2. The highest BCUT2D eigenvalue weighted by Crippen LogP contribution is 2.39. The first-order valence-corrected chi connectivity index (χ1v) is 14.9. The van der Waals surface area contributed by atoms with Gasteiger partial charge in [-0.15, -0.1) is 11.3 Å². The number of hydrogen-bond acceptors (Lipinski definition) is 6. The van der Waals surface area contributed by atoms with E-state index in [1.807, 2.05) is 36.6 Å². The van der Waals surface area contributed by atoms with Crippen molar-refractivity contribution >= 4 is 38.4 Å². The Hall–Kier alpha value is -3.89. The summed E-state index contributed by atoms with van der Waals surface area (Å²) >= 11 is 1.26. The van der Waals surface area contributed by atoms with Crippen LogP contribution in [0.3, 0.4) is 0 Å². The minimum atomic E-state index is -3.87. The standard InChI is InChI=1S/C29H24F2N2O4S2.CH4/c1-17(19-7-3-5-18(13-19)6-4-12-34)26-16-38-29(33-26)22-14-20(8-9-23(22)30)37-27-24(31)15-25-21(10-11-32-25)28(27)39(2,35)36;/h3,5,7-17,32H,4,6H2,1-2H3;1H4. The van der Waals surface area contributed by atoms with E-state index >= 15 is 4.39 Å². The highest BCUT2D eigenvalue weighted by Gasteiger charge is 2.25. The summed E-state index contributed by atoms with van der Waals surface area (Å²) in [5, 5.41) is 2.55. The molecule has 0 saturated heterocycles. The zero-order chi connectivity index (χ0) is 27.7. The molecule has 1 N–H and O–H groups in total. The largest absolute Gasteiger partial charge is 0.453 e. The van der Waals surface area contributed by atoms with Crippen molar-refractivity contribution in [1.82, 2.24) is 9.97 Å². The van der Waals surface area contributed by atoms with Crippen LogP contribution in [0, 0.1) is 11.6 Å². The summed E-state index contributed by atoms with van der Waals surface area (Å²) in [4.78, 5) is 17.9. The molecule has 10 heteroatoms. The number of sulfone groups is 1. The van der Waals surface area contributed by atoms with Gasteiger partial charge in [-0.3, -0.25) is 0 Å². The molecule has 1 unspecified atom stereocenters. The van der Waals surface area contributed by atoms with Crippen molar-refractivity contribution in [2.24, 2.45) is 0 Å². The van der Waals surface area contributed by atoms with Crippen LogP contribution in [0.4, 0.5) is 8.78 Å². The summed E-state index contributed by atoms with van der Waals surface area (Å²) in [5.41, 5.74) is 3.29. The lowest BCUT2D eigenvalue weighted by molar-refractivity contribution is -0.107. The molecule has 0 aliphatic carbocycles.